The number of fused-ring (bicyclic) bond motifs is 1. The molecule has 0 bridgehead atoms. The quantitative estimate of drug-likeness (QED) is 0.593. The zero-order chi connectivity index (χ0) is 15.1. The Kier molecular flexibility index (Phi) is 2.72. The number of non-ortho nitro benzene ring substituents is 1. The fourth-order valence-electron chi connectivity index (χ4n) is 2.69. The monoisotopic (exact) mass is 296 g/mol. The maximum atomic E-state index is 10.8. The number of anilines is 1. The van der Waals surface area contributed by atoms with Crippen LogP contribution in [0.15, 0.2) is 47.1 Å². The van der Waals surface area contributed by atoms with Crippen molar-refractivity contribution in [2.45, 2.75) is 6.42 Å². The van der Waals surface area contributed by atoms with Crippen molar-refractivity contribution < 1.29 is 9.34 Å². The van der Waals surface area contributed by atoms with Crippen LogP contribution in [0.1, 0.15) is 5.56 Å². The maximum Gasteiger partial charge on any atom is 0.269 e. The molecule has 0 amide bonds. The Morgan fingerprint density at radius 3 is 2.77 bits per heavy atom. The van der Waals surface area contributed by atoms with E-state index in [1.807, 2.05) is 12.1 Å². The molecule has 0 spiro atoms. The Morgan fingerprint density at radius 1 is 1.27 bits per heavy atom. The first-order valence-corrected chi connectivity index (χ1v) is 6.88. The summed E-state index contributed by atoms with van der Waals surface area (Å²) in [5.74, 6) is 1.64. The Balaban J connectivity index is 1.82. The van der Waals surface area contributed by atoms with Crippen molar-refractivity contribution in [3.8, 4) is 17.1 Å². The van der Waals surface area contributed by atoms with E-state index in [4.69, 9.17) is 4.42 Å². The van der Waals surface area contributed by atoms with Crippen molar-refractivity contribution in [3.05, 3.63) is 58.3 Å². The third-order valence-corrected chi connectivity index (χ3v) is 3.71. The van der Waals surface area contributed by atoms with Crippen molar-refractivity contribution in [1.29, 1.82) is 0 Å². The second kappa shape index (κ2) is 4.73. The number of hydrogen-bond acceptors (Lipinski definition) is 5. The van der Waals surface area contributed by atoms with E-state index >= 15 is 0 Å². The molecule has 0 unspecified atom stereocenters. The van der Waals surface area contributed by atoms with Crippen LogP contribution in [0.5, 0.6) is 0 Å². The second-order valence-corrected chi connectivity index (χ2v) is 5.02. The van der Waals surface area contributed by atoms with E-state index in [0.717, 1.165) is 41.5 Å². The van der Waals surface area contributed by atoms with E-state index in [0.29, 0.717) is 0 Å². The highest BCUT2D eigenvalue weighted by atomic mass is 16.6. The molecule has 0 saturated carbocycles. The van der Waals surface area contributed by atoms with Crippen LogP contribution in [0, 0.1) is 10.1 Å². The summed E-state index contributed by atoms with van der Waals surface area (Å²) in [5.41, 5.74) is 2.75. The number of nitrogens with one attached hydrogen (secondary N) is 1. The largest absolute Gasteiger partial charge is 0.463 e. The lowest BCUT2D eigenvalue weighted by Gasteiger charge is -2.05. The van der Waals surface area contributed by atoms with Gasteiger partial charge in [0, 0.05) is 24.2 Å². The van der Waals surface area contributed by atoms with Gasteiger partial charge in [-0.15, -0.1) is 0 Å². The molecule has 0 atom stereocenters. The van der Waals surface area contributed by atoms with Crippen LogP contribution in [0.25, 0.3) is 17.1 Å². The number of hydrogen-bond donors (Lipinski definition) is 1. The van der Waals surface area contributed by atoms with E-state index in [-0.39, 0.29) is 5.69 Å². The highest BCUT2D eigenvalue weighted by Gasteiger charge is 2.25. The van der Waals surface area contributed by atoms with Gasteiger partial charge in [-0.25, -0.2) is 4.68 Å². The topological polar surface area (TPSA) is 86.1 Å². The molecule has 3 heterocycles. The van der Waals surface area contributed by atoms with Crippen molar-refractivity contribution >= 4 is 11.5 Å². The first-order chi connectivity index (χ1) is 10.7. The summed E-state index contributed by atoms with van der Waals surface area (Å²) in [6.45, 7) is 0.841. The van der Waals surface area contributed by atoms with Crippen molar-refractivity contribution in [1.82, 2.24) is 9.78 Å². The van der Waals surface area contributed by atoms with Crippen molar-refractivity contribution in [3.63, 3.8) is 0 Å². The van der Waals surface area contributed by atoms with Crippen LogP contribution >= 0.6 is 0 Å². The van der Waals surface area contributed by atoms with Gasteiger partial charge in [0.15, 0.2) is 5.76 Å². The van der Waals surface area contributed by atoms with Gasteiger partial charge < -0.3 is 9.73 Å². The number of rotatable bonds is 3. The third kappa shape index (κ3) is 1.86. The lowest BCUT2D eigenvalue weighted by molar-refractivity contribution is -0.384. The molecule has 1 N–H and O–H groups in total. The van der Waals surface area contributed by atoms with Gasteiger partial charge in [0.1, 0.15) is 11.5 Å². The van der Waals surface area contributed by atoms with Crippen LogP contribution in [0.4, 0.5) is 11.5 Å². The van der Waals surface area contributed by atoms with Gasteiger partial charge >= 0.3 is 0 Å². The fraction of sp³-hybridized carbons (Fsp3) is 0.133. The van der Waals surface area contributed by atoms with Crippen molar-refractivity contribution in [2.75, 3.05) is 11.9 Å². The molecule has 7 heteroatoms. The molecular weight excluding hydrogens is 284 g/mol. The minimum atomic E-state index is -0.413. The summed E-state index contributed by atoms with van der Waals surface area (Å²) >= 11 is 0. The molecule has 0 saturated heterocycles. The zero-order valence-electron chi connectivity index (χ0n) is 11.5. The minimum Gasteiger partial charge on any atom is -0.463 e. The van der Waals surface area contributed by atoms with Crippen LogP contribution in [-0.4, -0.2) is 21.2 Å². The van der Waals surface area contributed by atoms with Crippen LogP contribution in [0.2, 0.25) is 0 Å². The maximum absolute atomic E-state index is 10.8. The molecule has 1 aliphatic heterocycles. The van der Waals surface area contributed by atoms with Gasteiger partial charge in [0.25, 0.3) is 5.69 Å². The number of furan rings is 1. The average Bonchev–Trinajstić information content (AvgIpc) is 3.24. The van der Waals surface area contributed by atoms with E-state index < -0.39 is 4.92 Å². The number of aromatic nitrogens is 2. The normalized spacial score (nSPS) is 12.9. The van der Waals surface area contributed by atoms with Crippen LogP contribution < -0.4 is 5.32 Å². The summed E-state index contributed by atoms with van der Waals surface area (Å²) in [6.07, 6.45) is 2.49. The van der Waals surface area contributed by atoms with Gasteiger partial charge in [-0.1, -0.05) is 0 Å². The van der Waals surface area contributed by atoms with Gasteiger partial charge in [-0.3, -0.25) is 10.1 Å². The molecule has 110 valence electrons. The molecular formula is C15H12N4O3. The Morgan fingerprint density at radius 2 is 2.09 bits per heavy atom. The minimum absolute atomic E-state index is 0.0618. The number of nitro benzene ring substituents is 1. The highest BCUT2D eigenvalue weighted by Crippen LogP contribution is 2.34. The molecule has 4 rings (SSSR count). The fourth-order valence-corrected chi connectivity index (χ4v) is 2.69. The second-order valence-electron chi connectivity index (χ2n) is 5.02. The van der Waals surface area contributed by atoms with E-state index in [1.165, 1.54) is 12.1 Å². The molecule has 2 aromatic heterocycles. The molecule has 0 fully saturated rings. The number of nitrogens with zero attached hydrogens (tertiary/aromatic N) is 3. The first-order valence-electron chi connectivity index (χ1n) is 6.88. The van der Waals surface area contributed by atoms with Gasteiger partial charge in [-0.2, -0.15) is 5.10 Å². The number of nitro groups is 1. The Labute approximate surface area is 125 Å². The summed E-state index contributed by atoms with van der Waals surface area (Å²) in [5, 5.41) is 18.7. The standard InChI is InChI=1S/C15H12N4O3/c20-19(21)11-5-3-10(4-6-11)18-15-12(7-8-16-15)14(17-18)13-2-1-9-22-13/h1-6,9,16H,7-8H2. The van der Waals surface area contributed by atoms with Gasteiger partial charge in [0.05, 0.1) is 16.9 Å². The Hall–Kier alpha value is -3.09. The molecule has 0 aliphatic carbocycles. The summed E-state index contributed by atoms with van der Waals surface area (Å²) in [7, 11) is 0. The molecule has 1 aliphatic rings. The van der Waals surface area contributed by atoms with E-state index in [9.17, 15) is 10.1 Å². The van der Waals surface area contributed by atoms with Gasteiger partial charge in [0.2, 0.25) is 0 Å². The van der Waals surface area contributed by atoms with Crippen molar-refractivity contribution in [2.24, 2.45) is 0 Å². The SMILES string of the molecule is O=[N+]([O-])c1ccc(-n2nc(-c3ccco3)c3c2NCC3)cc1. The summed E-state index contributed by atoms with van der Waals surface area (Å²) in [4.78, 5) is 10.3. The average molecular weight is 296 g/mol. The molecule has 22 heavy (non-hydrogen) atoms. The molecule has 1 aromatic carbocycles. The smallest absolute Gasteiger partial charge is 0.269 e. The lowest BCUT2D eigenvalue weighted by Crippen LogP contribution is -2.04. The lowest BCUT2D eigenvalue weighted by atomic mass is 10.2. The molecule has 0 radical (unpaired) electrons. The zero-order valence-corrected chi connectivity index (χ0v) is 11.5. The number of benzene rings is 1. The molecule has 3 aromatic rings. The third-order valence-electron chi connectivity index (χ3n) is 3.71. The first kappa shape index (κ1) is 12.6. The highest BCUT2D eigenvalue weighted by molar-refractivity contribution is 5.69. The van der Waals surface area contributed by atoms with E-state index in [2.05, 4.69) is 10.4 Å². The molecule has 7 nitrogen and oxygen atoms in total. The predicted octanol–water partition coefficient (Wildman–Crippen LogP) is 3.01. The van der Waals surface area contributed by atoms with Crippen LogP contribution in [-0.2, 0) is 6.42 Å². The summed E-state index contributed by atoms with van der Waals surface area (Å²) < 4.78 is 7.22. The van der Waals surface area contributed by atoms with E-state index in [1.54, 1.807) is 23.1 Å². The van der Waals surface area contributed by atoms with Crippen LogP contribution in [0.3, 0.4) is 0 Å². The predicted molar refractivity (Wildman–Crippen MR) is 80.1 cm³/mol. The summed E-state index contributed by atoms with van der Waals surface area (Å²) in [6, 6.07) is 10.0. The van der Waals surface area contributed by atoms with Gasteiger partial charge in [-0.05, 0) is 30.7 Å². The Bertz CT molecular complexity index is 835.